The van der Waals surface area contributed by atoms with Gasteiger partial charge in [-0.05, 0) is 57.4 Å². The molecule has 0 radical (unpaired) electrons. The zero-order chi connectivity index (χ0) is 21.1. The Labute approximate surface area is 176 Å². The van der Waals surface area contributed by atoms with Crippen LogP contribution in [-0.2, 0) is 27.2 Å². The molecule has 0 aromatic carbocycles. The van der Waals surface area contributed by atoms with Gasteiger partial charge in [-0.1, -0.05) is 26.2 Å². The summed E-state index contributed by atoms with van der Waals surface area (Å²) in [5.41, 5.74) is 1.48. The Kier molecular flexibility index (Phi) is 6.98. The van der Waals surface area contributed by atoms with Crippen molar-refractivity contribution in [1.29, 1.82) is 0 Å². The number of thiophene rings is 1. The second kappa shape index (κ2) is 9.28. The van der Waals surface area contributed by atoms with Crippen molar-refractivity contribution in [2.24, 2.45) is 17.8 Å². The van der Waals surface area contributed by atoms with E-state index in [0.29, 0.717) is 29.3 Å². The first kappa shape index (κ1) is 21.8. The highest BCUT2D eigenvalue weighted by Crippen LogP contribution is 2.41. The van der Waals surface area contributed by atoms with Gasteiger partial charge in [0.25, 0.3) is 0 Å². The molecule has 7 heteroatoms. The van der Waals surface area contributed by atoms with Crippen molar-refractivity contribution < 1.29 is 24.2 Å². The van der Waals surface area contributed by atoms with E-state index >= 15 is 0 Å². The van der Waals surface area contributed by atoms with Crippen LogP contribution >= 0.6 is 11.3 Å². The molecule has 6 nitrogen and oxygen atoms in total. The summed E-state index contributed by atoms with van der Waals surface area (Å²) in [5, 5.41) is 13.0. The summed E-state index contributed by atoms with van der Waals surface area (Å²) in [4.78, 5) is 38.6. The predicted molar refractivity (Wildman–Crippen MR) is 112 cm³/mol. The molecule has 3 rings (SSSR count). The third kappa shape index (κ3) is 4.82. The van der Waals surface area contributed by atoms with Crippen molar-refractivity contribution in [3.8, 4) is 0 Å². The zero-order valence-electron chi connectivity index (χ0n) is 17.5. The Balaban J connectivity index is 1.89. The summed E-state index contributed by atoms with van der Waals surface area (Å²) >= 11 is 1.46. The van der Waals surface area contributed by atoms with E-state index in [9.17, 15) is 19.5 Å². The molecule has 3 atom stereocenters. The number of amides is 1. The molecule has 0 spiro atoms. The maximum Gasteiger partial charge on any atom is 0.341 e. The van der Waals surface area contributed by atoms with E-state index in [0.717, 1.165) is 49.0 Å². The van der Waals surface area contributed by atoms with Crippen LogP contribution in [0.5, 0.6) is 0 Å². The van der Waals surface area contributed by atoms with Crippen molar-refractivity contribution in [3.05, 3.63) is 16.0 Å². The molecule has 1 fully saturated rings. The van der Waals surface area contributed by atoms with Crippen molar-refractivity contribution in [2.45, 2.75) is 78.2 Å². The average molecular weight is 422 g/mol. The highest BCUT2D eigenvalue weighted by molar-refractivity contribution is 7.17. The van der Waals surface area contributed by atoms with E-state index in [1.54, 1.807) is 0 Å². The first-order chi connectivity index (χ1) is 13.8. The summed E-state index contributed by atoms with van der Waals surface area (Å²) in [6, 6.07) is 0. The van der Waals surface area contributed by atoms with Crippen LogP contribution in [0.4, 0.5) is 5.00 Å². The summed E-state index contributed by atoms with van der Waals surface area (Å²) in [6.45, 7) is 5.79. The van der Waals surface area contributed by atoms with Crippen LogP contribution in [0.25, 0.3) is 0 Å². The minimum Gasteiger partial charge on any atom is -0.481 e. The Hall–Kier alpha value is -1.89. The number of fused-ring (bicyclic) bond motifs is 1. The number of carbonyl (C=O) groups is 3. The standard InChI is InChI=1S/C22H31NO5S/c1-4-13-9-10-16-17(11-13)29-20(18(16)22(27)28-12(2)3)23-19(24)14-7-5-6-8-15(14)21(25)26/h12-15H,4-11H2,1-3H3,(H,23,24)(H,25,26)/t13-,14+,15-/m0/s1. The number of carboxylic acid groups (broad SMARTS) is 1. The topological polar surface area (TPSA) is 92.7 Å². The van der Waals surface area contributed by atoms with Crippen molar-refractivity contribution in [1.82, 2.24) is 0 Å². The van der Waals surface area contributed by atoms with Gasteiger partial charge >= 0.3 is 11.9 Å². The van der Waals surface area contributed by atoms with Gasteiger partial charge in [0.15, 0.2) is 0 Å². The second-order valence-corrected chi connectivity index (χ2v) is 9.61. The highest BCUT2D eigenvalue weighted by Gasteiger charge is 2.37. The lowest BCUT2D eigenvalue weighted by atomic mass is 9.78. The number of esters is 1. The number of hydrogen-bond acceptors (Lipinski definition) is 5. The molecule has 2 N–H and O–H groups in total. The van der Waals surface area contributed by atoms with Crippen LogP contribution in [0.2, 0.25) is 0 Å². The van der Waals surface area contributed by atoms with Gasteiger partial charge in [-0.2, -0.15) is 0 Å². The Morgan fingerprint density at radius 3 is 2.48 bits per heavy atom. The maximum absolute atomic E-state index is 13.0. The smallest absolute Gasteiger partial charge is 0.341 e. The van der Waals surface area contributed by atoms with Gasteiger partial charge in [-0.15, -0.1) is 11.3 Å². The van der Waals surface area contributed by atoms with E-state index in [1.165, 1.54) is 11.3 Å². The fourth-order valence-electron chi connectivity index (χ4n) is 4.52. The molecule has 0 bridgehead atoms. The highest BCUT2D eigenvalue weighted by atomic mass is 32.1. The zero-order valence-corrected chi connectivity index (χ0v) is 18.3. The lowest BCUT2D eigenvalue weighted by Crippen LogP contribution is -2.36. The fourth-order valence-corrected chi connectivity index (χ4v) is 5.88. The summed E-state index contributed by atoms with van der Waals surface area (Å²) in [5.74, 6) is -2.23. The molecular weight excluding hydrogens is 390 g/mol. The lowest BCUT2D eigenvalue weighted by molar-refractivity contribution is -0.147. The molecule has 2 aliphatic rings. The molecular formula is C22H31NO5S. The Morgan fingerprint density at radius 1 is 1.17 bits per heavy atom. The van der Waals surface area contributed by atoms with Gasteiger partial charge in [0, 0.05) is 4.88 Å². The number of hydrogen-bond donors (Lipinski definition) is 2. The van der Waals surface area contributed by atoms with Crippen molar-refractivity contribution in [3.63, 3.8) is 0 Å². The van der Waals surface area contributed by atoms with Crippen LogP contribution in [0.15, 0.2) is 0 Å². The third-order valence-corrected chi connectivity index (χ3v) is 7.32. The van der Waals surface area contributed by atoms with Crippen LogP contribution in [0, 0.1) is 17.8 Å². The lowest BCUT2D eigenvalue weighted by Gasteiger charge is -2.27. The van der Waals surface area contributed by atoms with E-state index in [-0.39, 0.29) is 12.0 Å². The molecule has 0 unspecified atom stereocenters. The Morgan fingerprint density at radius 2 is 1.86 bits per heavy atom. The number of carboxylic acids is 1. The van der Waals surface area contributed by atoms with Crippen LogP contribution < -0.4 is 5.32 Å². The van der Waals surface area contributed by atoms with E-state index in [1.807, 2.05) is 13.8 Å². The number of aliphatic carboxylic acids is 1. The molecule has 0 aliphatic heterocycles. The van der Waals surface area contributed by atoms with Gasteiger partial charge in [0.05, 0.1) is 23.5 Å². The quantitative estimate of drug-likeness (QED) is 0.652. The van der Waals surface area contributed by atoms with Gasteiger partial charge in [0.2, 0.25) is 5.91 Å². The summed E-state index contributed by atoms with van der Waals surface area (Å²) < 4.78 is 5.46. The molecule has 1 aromatic rings. The molecule has 29 heavy (non-hydrogen) atoms. The van der Waals surface area contributed by atoms with E-state index < -0.39 is 23.8 Å². The number of nitrogens with one attached hydrogen (secondary N) is 1. The predicted octanol–water partition coefficient (Wildman–Crippen LogP) is 4.66. The molecule has 0 saturated heterocycles. The monoisotopic (exact) mass is 421 g/mol. The molecule has 1 heterocycles. The van der Waals surface area contributed by atoms with Crippen molar-refractivity contribution >= 4 is 34.2 Å². The number of anilines is 1. The first-order valence-electron chi connectivity index (χ1n) is 10.7. The Bertz CT molecular complexity index is 784. The van der Waals surface area contributed by atoms with Gasteiger partial charge in [-0.25, -0.2) is 4.79 Å². The molecule has 1 saturated carbocycles. The van der Waals surface area contributed by atoms with Crippen LogP contribution in [0.3, 0.4) is 0 Å². The number of carbonyl (C=O) groups excluding carboxylic acids is 2. The van der Waals surface area contributed by atoms with E-state index in [4.69, 9.17) is 4.74 Å². The minimum atomic E-state index is -0.916. The van der Waals surface area contributed by atoms with Crippen molar-refractivity contribution in [2.75, 3.05) is 5.32 Å². The largest absolute Gasteiger partial charge is 0.481 e. The van der Waals surface area contributed by atoms with E-state index in [2.05, 4.69) is 12.2 Å². The second-order valence-electron chi connectivity index (χ2n) is 8.50. The fraction of sp³-hybridized carbons (Fsp3) is 0.682. The molecule has 1 aromatic heterocycles. The number of ether oxygens (including phenoxy) is 1. The SMILES string of the molecule is CC[C@H]1CCc2c(sc(NC(=O)[C@@H]3CCCC[C@@H]3C(=O)O)c2C(=O)OC(C)C)C1. The number of rotatable bonds is 6. The van der Waals surface area contributed by atoms with Crippen LogP contribution in [0.1, 0.15) is 80.1 Å². The maximum atomic E-state index is 13.0. The normalized spacial score (nSPS) is 24.1. The van der Waals surface area contributed by atoms with Gasteiger partial charge in [-0.3, -0.25) is 9.59 Å². The van der Waals surface area contributed by atoms with Crippen LogP contribution in [-0.4, -0.2) is 29.1 Å². The average Bonchev–Trinajstić information content (AvgIpc) is 3.04. The van der Waals surface area contributed by atoms with Gasteiger partial charge < -0.3 is 15.2 Å². The molecule has 2 aliphatic carbocycles. The molecule has 160 valence electrons. The first-order valence-corrected chi connectivity index (χ1v) is 11.5. The molecule has 1 amide bonds. The van der Waals surface area contributed by atoms with Gasteiger partial charge in [0.1, 0.15) is 5.00 Å². The minimum absolute atomic E-state index is 0.247. The summed E-state index contributed by atoms with van der Waals surface area (Å²) in [6.07, 6.45) is 6.36. The summed E-state index contributed by atoms with van der Waals surface area (Å²) in [7, 11) is 0. The third-order valence-electron chi connectivity index (χ3n) is 6.15.